The third kappa shape index (κ3) is 1.90. The van der Waals surface area contributed by atoms with Crippen LogP contribution in [0.15, 0.2) is 0 Å². The summed E-state index contributed by atoms with van der Waals surface area (Å²) in [7, 11) is -0.833. The zero-order valence-corrected chi connectivity index (χ0v) is 4.32. The zero-order valence-electron chi connectivity index (χ0n) is 4.32. The Labute approximate surface area is 42.1 Å². The second-order valence-corrected chi connectivity index (χ2v) is 2.53. The highest BCUT2D eigenvalue weighted by Crippen LogP contribution is 2.35. The van der Waals surface area contributed by atoms with Gasteiger partial charge in [-0.15, -0.1) is 0 Å². The van der Waals surface area contributed by atoms with Crippen LogP contribution in [0.4, 0.5) is 8.78 Å². The van der Waals surface area contributed by atoms with Crippen LogP contribution in [0.1, 0.15) is 12.8 Å². The third-order valence-corrected chi connectivity index (χ3v) is 1.59. The molecule has 0 aromatic heterocycles. The fraction of sp³-hybridized carbons (Fsp3) is 1.00. The Morgan fingerprint density at radius 3 is 2.14 bits per heavy atom. The van der Waals surface area contributed by atoms with E-state index in [2.05, 4.69) is 0 Å². The summed E-state index contributed by atoms with van der Waals surface area (Å²) in [4.78, 5) is 0. The molecule has 0 bridgehead atoms. The molecular weight excluding hydrogens is 96.9 g/mol. The lowest BCUT2D eigenvalue weighted by atomic mass is 9.73. The van der Waals surface area contributed by atoms with E-state index in [1.54, 1.807) is 0 Å². The van der Waals surface area contributed by atoms with Crippen molar-refractivity contribution in [3.63, 3.8) is 0 Å². The molecule has 0 unspecified atom stereocenters. The predicted octanol–water partition coefficient (Wildman–Crippen LogP) is 0.960. The van der Waals surface area contributed by atoms with E-state index in [4.69, 9.17) is 0 Å². The average molecular weight is 105 g/mol. The zero-order chi connectivity index (χ0) is 5.28. The molecule has 0 aromatic carbocycles. The van der Waals surface area contributed by atoms with Gasteiger partial charge in [0.05, 0.1) is 0 Å². The van der Waals surface area contributed by atoms with Crippen LogP contribution in [0.25, 0.3) is 0 Å². The highest BCUT2D eigenvalue weighted by molar-refractivity contribution is 6.39. The van der Waals surface area contributed by atoms with Crippen LogP contribution in [-0.4, -0.2) is 13.6 Å². The molecule has 1 aliphatic rings. The van der Waals surface area contributed by atoms with Gasteiger partial charge < -0.3 is 0 Å². The SMILES string of the molecule is FC(F)[BH2-]C1CC1. The van der Waals surface area contributed by atoms with Gasteiger partial charge in [0.15, 0.2) is 0 Å². The summed E-state index contributed by atoms with van der Waals surface area (Å²) in [5, 5.41) is 0. The highest BCUT2D eigenvalue weighted by atomic mass is 19.3. The molecule has 0 radical (unpaired) electrons. The maximum Gasteiger partial charge on any atom is 0.103 e. The smallest absolute Gasteiger partial charge is 0.103 e. The van der Waals surface area contributed by atoms with Gasteiger partial charge in [0.25, 0.3) is 0 Å². The van der Waals surface area contributed by atoms with Crippen molar-refractivity contribution in [1.29, 1.82) is 0 Å². The summed E-state index contributed by atoms with van der Waals surface area (Å²) in [6.07, 6.45) is 0.238. The Bertz CT molecular complexity index is 60.7. The van der Waals surface area contributed by atoms with Gasteiger partial charge in [-0.2, -0.15) is 5.82 Å². The molecule has 0 saturated heterocycles. The first-order valence-corrected chi connectivity index (χ1v) is 2.91. The van der Waals surface area contributed by atoms with Crippen molar-refractivity contribution in [2.75, 3.05) is 0 Å². The van der Waals surface area contributed by atoms with Crippen molar-refractivity contribution in [1.82, 2.24) is 0 Å². The van der Waals surface area contributed by atoms with Gasteiger partial charge in [-0.25, -0.2) is 0 Å². The molecule has 1 rings (SSSR count). The van der Waals surface area contributed by atoms with E-state index in [0.717, 1.165) is 12.8 Å². The fourth-order valence-electron chi connectivity index (χ4n) is 0.856. The first-order valence-electron chi connectivity index (χ1n) is 2.91. The molecule has 1 saturated carbocycles. The lowest BCUT2D eigenvalue weighted by Crippen LogP contribution is -2.02. The first-order chi connectivity index (χ1) is 3.29. The number of hydrogen-bond donors (Lipinski definition) is 0. The summed E-state index contributed by atoms with van der Waals surface area (Å²) >= 11 is 0. The van der Waals surface area contributed by atoms with Crippen LogP contribution in [0.3, 0.4) is 0 Å². The second-order valence-electron chi connectivity index (χ2n) is 2.53. The molecule has 42 valence electrons. The number of rotatable bonds is 2. The van der Waals surface area contributed by atoms with Gasteiger partial charge in [-0.1, -0.05) is 12.8 Å². The molecule has 0 aliphatic heterocycles. The minimum atomic E-state index is -1.94. The van der Waals surface area contributed by atoms with Crippen LogP contribution >= 0.6 is 0 Å². The lowest BCUT2D eigenvalue weighted by Gasteiger charge is -1.97. The van der Waals surface area contributed by atoms with Crippen LogP contribution in [0.2, 0.25) is 5.82 Å². The fourth-order valence-corrected chi connectivity index (χ4v) is 0.856. The van der Waals surface area contributed by atoms with E-state index >= 15 is 0 Å². The van der Waals surface area contributed by atoms with Gasteiger partial charge in [0.1, 0.15) is 6.32 Å². The molecule has 1 fully saturated rings. The molecule has 0 nitrogen and oxygen atoms in total. The Morgan fingerprint density at radius 1 is 1.43 bits per heavy atom. The molecule has 0 spiro atoms. The number of halogens is 2. The summed E-state index contributed by atoms with van der Waals surface area (Å²) < 4.78 is 22.8. The van der Waals surface area contributed by atoms with E-state index in [0.29, 0.717) is 5.82 Å². The van der Waals surface area contributed by atoms with E-state index in [9.17, 15) is 8.78 Å². The topological polar surface area (TPSA) is 0 Å². The van der Waals surface area contributed by atoms with Crippen molar-refractivity contribution in [2.24, 2.45) is 0 Å². The van der Waals surface area contributed by atoms with Crippen molar-refractivity contribution in [3.05, 3.63) is 0 Å². The molecule has 3 heteroatoms. The first kappa shape index (κ1) is 5.07. The van der Waals surface area contributed by atoms with Crippen LogP contribution < -0.4 is 0 Å². The molecule has 1 aliphatic carbocycles. The molecule has 0 amide bonds. The van der Waals surface area contributed by atoms with Crippen LogP contribution in [-0.2, 0) is 0 Å². The van der Waals surface area contributed by atoms with Gasteiger partial charge in [-0.05, 0) is 0 Å². The largest absolute Gasteiger partial charge is 0.256 e. The Kier molecular flexibility index (Phi) is 1.31. The van der Waals surface area contributed by atoms with E-state index < -0.39 is 13.6 Å². The molecule has 0 N–H and O–H groups in total. The van der Waals surface area contributed by atoms with Crippen LogP contribution in [0, 0.1) is 0 Å². The van der Waals surface area contributed by atoms with Gasteiger partial charge in [-0.3, -0.25) is 8.78 Å². The summed E-state index contributed by atoms with van der Waals surface area (Å²) in [5.74, 6) is 0.500. The quantitative estimate of drug-likeness (QED) is 0.458. The highest BCUT2D eigenvalue weighted by Gasteiger charge is 2.18. The van der Waals surface area contributed by atoms with E-state index in [1.165, 1.54) is 0 Å². The standard InChI is InChI=1S/C4H8BF2/c6-4(7)5-3-1-2-3/h3-4H,1-2,5H2/q-1. The number of hydrogen-bond acceptors (Lipinski definition) is 0. The summed E-state index contributed by atoms with van der Waals surface area (Å²) in [5.41, 5.74) is 0. The molecule has 0 atom stereocenters. The molecule has 0 aromatic rings. The minimum absolute atomic E-state index is 0.500. The van der Waals surface area contributed by atoms with Gasteiger partial charge in [0.2, 0.25) is 0 Å². The predicted molar refractivity (Wildman–Crippen MR) is 27.5 cm³/mol. The minimum Gasteiger partial charge on any atom is -0.256 e. The van der Waals surface area contributed by atoms with Crippen molar-refractivity contribution < 1.29 is 8.78 Å². The van der Waals surface area contributed by atoms with E-state index in [-0.39, 0.29) is 0 Å². The number of alkyl halides is 2. The summed E-state index contributed by atoms with van der Waals surface area (Å²) in [6, 6.07) is 0. The van der Waals surface area contributed by atoms with Crippen LogP contribution in [0.5, 0.6) is 0 Å². The van der Waals surface area contributed by atoms with Crippen molar-refractivity contribution in [2.45, 2.75) is 25.0 Å². The Hall–Kier alpha value is -0.0751. The van der Waals surface area contributed by atoms with Crippen molar-refractivity contribution in [3.8, 4) is 0 Å². The average Bonchev–Trinajstić information content (AvgIpc) is 2.17. The second kappa shape index (κ2) is 1.80. The summed E-state index contributed by atoms with van der Waals surface area (Å²) in [6.45, 7) is 0. The molecule has 7 heavy (non-hydrogen) atoms. The lowest BCUT2D eigenvalue weighted by molar-refractivity contribution is 0.237. The normalized spacial score (nSPS) is 21.0. The van der Waals surface area contributed by atoms with Gasteiger partial charge in [0, 0.05) is 7.28 Å². The Morgan fingerprint density at radius 2 is 2.00 bits per heavy atom. The van der Waals surface area contributed by atoms with Gasteiger partial charge >= 0.3 is 0 Å². The maximum atomic E-state index is 11.4. The van der Waals surface area contributed by atoms with E-state index in [1.807, 2.05) is 0 Å². The van der Waals surface area contributed by atoms with Crippen molar-refractivity contribution >= 4 is 7.28 Å². The molecular formula is C4H8BF2-. The molecule has 0 heterocycles. The Balaban J connectivity index is 1.97. The monoisotopic (exact) mass is 105 g/mol. The maximum absolute atomic E-state index is 11.4. The third-order valence-electron chi connectivity index (χ3n) is 1.59.